The van der Waals surface area contributed by atoms with Gasteiger partial charge in [-0.15, -0.1) is 0 Å². The van der Waals surface area contributed by atoms with E-state index in [9.17, 15) is 4.79 Å². The number of amides is 1. The molecule has 0 saturated carbocycles. The lowest BCUT2D eigenvalue weighted by Gasteiger charge is -2.06. The number of nitriles is 1. The number of hydrogen-bond acceptors (Lipinski definition) is 3. The highest BCUT2D eigenvalue weighted by molar-refractivity contribution is 5.93. The van der Waals surface area contributed by atoms with Crippen molar-refractivity contribution in [3.8, 4) is 11.8 Å². The monoisotopic (exact) mass is 240 g/mol. The van der Waals surface area contributed by atoms with Gasteiger partial charge in [0.2, 0.25) is 0 Å². The van der Waals surface area contributed by atoms with Gasteiger partial charge in [0.1, 0.15) is 12.2 Å². The Kier molecular flexibility index (Phi) is 3.39. The SMILES string of the molecule is Cc1cc(C(=O)NCC#N)n(-c2ccccc2)n1. The summed E-state index contributed by atoms with van der Waals surface area (Å²) < 4.78 is 1.57. The minimum atomic E-state index is -0.305. The molecular formula is C13H12N4O. The van der Waals surface area contributed by atoms with E-state index >= 15 is 0 Å². The number of carbonyl (C=O) groups excluding carboxylic acids is 1. The molecule has 90 valence electrons. The zero-order chi connectivity index (χ0) is 13.0. The predicted octanol–water partition coefficient (Wildman–Crippen LogP) is 1.43. The van der Waals surface area contributed by atoms with Gasteiger partial charge in [-0.05, 0) is 25.1 Å². The molecule has 0 radical (unpaired) electrons. The number of nitrogens with one attached hydrogen (secondary N) is 1. The van der Waals surface area contributed by atoms with Crippen molar-refractivity contribution in [1.29, 1.82) is 5.26 Å². The van der Waals surface area contributed by atoms with Crippen LogP contribution in [-0.2, 0) is 0 Å². The van der Waals surface area contributed by atoms with Crippen molar-refractivity contribution >= 4 is 5.91 Å². The maximum atomic E-state index is 11.9. The second-order valence-electron chi connectivity index (χ2n) is 3.76. The Bertz CT molecular complexity index is 595. The van der Waals surface area contributed by atoms with Crippen LogP contribution in [0.1, 0.15) is 16.2 Å². The lowest BCUT2D eigenvalue weighted by Crippen LogP contribution is -2.26. The van der Waals surface area contributed by atoms with Crippen LogP contribution in [0.2, 0.25) is 0 Å². The molecule has 0 fully saturated rings. The summed E-state index contributed by atoms with van der Waals surface area (Å²) in [5.74, 6) is -0.305. The molecule has 0 aliphatic carbocycles. The van der Waals surface area contributed by atoms with E-state index in [0.717, 1.165) is 11.4 Å². The number of aryl methyl sites for hydroxylation is 1. The van der Waals surface area contributed by atoms with Crippen LogP contribution in [0.25, 0.3) is 5.69 Å². The maximum Gasteiger partial charge on any atom is 0.270 e. The predicted molar refractivity (Wildman–Crippen MR) is 66.2 cm³/mol. The highest BCUT2D eigenvalue weighted by atomic mass is 16.2. The molecule has 0 aliphatic rings. The minimum Gasteiger partial charge on any atom is -0.338 e. The largest absolute Gasteiger partial charge is 0.338 e. The molecule has 5 nitrogen and oxygen atoms in total. The van der Waals surface area contributed by atoms with Gasteiger partial charge in [-0.1, -0.05) is 18.2 Å². The molecule has 1 aromatic heterocycles. The molecular weight excluding hydrogens is 228 g/mol. The second-order valence-corrected chi connectivity index (χ2v) is 3.76. The van der Waals surface area contributed by atoms with Crippen LogP contribution in [0.3, 0.4) is 0 Å². The highest BCUT2D eigenvalue weighted by Crippen LogP contribution is 2.12. The summed E-state index contributed by atoms with van der Waals surface area (Å²) in [4.78, 5) is 11.9. The van der Waals surface area contributed by atoms with E-state index in [1.807, 2.05) is 43.3 Å². The number of benzene rings is 1. The number of carbonyl (C=O) groups is 1. The Morgan fingerprint density at radius 2 is 2.17 bits per heavy atom. The van der Waals surface area contributed by atoms with Gasteiger partial charge in [0, 0.05) is 0 Å². The van der Waals surface area contributed by atoms with Gasteiger partial charge >= 0.3 is 0 Å². The third-order valence-electron chi connectivity index (χ3n) is 2.39. The van der Waals surface area contributed by atoms with Gasteiger partial charge in [-0.25, -0.2) is 4.68 Å². The number of rotatable bonds is 3. The Morgan fingerprint density at radius 1 is 1.44 bits per heavy atom. The molecule has 1 heterocycles. The molecule has 0 unspecified atom stereocenters. The Labute approximate surface area is 105 Å². The molecule has 18 heavy (non-hydrogen) atoms. The quantitative estimate of drug-likeness (QED) is 0.825. The molecule has 1 N–H and O–H groups in total. The van der Waals surface area contributed by atoms with Gasteiger partial charge < -0.3 is 5.32 Å². The van der Waals surface area contributed by atoms with E-state index in [1.54, 1.807) is 10.7 Å². The third kappa shape index (κ3) is 2.38. The van der Waals surface area contributed by atoms with Crippen molar-refractivity contribution in [3.05, 3.63) is 47.8 Å². The van der Waals surface area contributed by atoms with Crippen molar-refractivity contribution in [2.75, 3.05) is 6.54 Å². The number of hydrogen-bond donors (Lipinski definition) is 1. The molecule has 5 heteroatoms. The van der Waals surface area contributed by atoms with E-state index in [0.29, 0.717) is 5.69 Å². The molecule has 2 rings (SSSR count). The Hall–Kier alpha value is -2.61. The lowest BCUT2D eigenvalue weighted by atomic mass is 10.3. The van der Waals surface area contributed by atoms with Crippen molar-refractivity contribution < 1.29 is 4.79 Å². The van der Waals surface area contributed by atoms with E-state index in [4.69, 9.17) is 5.26 Å². The molecule has 0 bridgehead atoms. The van der Waals surface area contributed by atoms with E-state index in [1.165, 1.54) is 0 Å². The van der Waals surface area contributed by atoms with E-state index in [-0.39, 0.29) is 12.5 Å². The Balaban J connectivity index is 2.38. The fourth-order valence-electron chi connectivity index (χ4n) is 1.64. The molecule has 0 aliphatic heterocycles. The van der Waals surface area contributed by atoms with E-state index < -0.39 is 0 Å². The average Bonchev–Trinajstić information content (AvgIpc) is 2.79. The van der Waals surface area contributed by atoms with Crippen LogP contribution < -0.4 is 5.32 Å². The first-order chi connectivity index (χ1) is 8.72. The van der Waals surface area contributed by atoms with Crippen LogP contribution in [-0.4, -0.2) is 22.2 Å². The van der Waals surface area contributed by atoms with Gasteiger partial charge in [0.05, 0.1) is 17.5 Å². The summed E-state index contributed by atoms with van der Waals surface area (Å²) >= 11 is 0. The van der Waals surface area contributed by atoms with Gasteiger partial charge in [-0.3, -0.25) is 4.79 Å². The fourth-order valence-corrected chi connectivity index (χ4v) is 1.64. The van der Waals surface area contributed by atoms with E-state index in [2.05, 4.69) is 10.4 Å². The summed E-state index contributed by atoms with van der Waals surface area (Å²) in [5.41, 5.74) is 1.99. The first kappa shape index (κ1) is 11.9. The second kappa shape index (κ2) is 5.15. The van der Waals surface area contributed by atoms with Crippen LogP contribution in [0, 0.1) is 18.3 Å². The summed E-state index contributed by atoms with van der Waals surface area (Å²) in [5, 5.41) is 15.3. The minimum absolute atomic E-state index is 0.0160. The molecule has 1 aromatic carbocycles. The normalized spacial score (nSPS) is 9.78. The topological polar surface area (TPSA) is 70.7 Å². The maximum absolute atomic E-state index is 11.9. The number of para-hydroxylation sites is 1. The molecule has 2 aromatic rings. The van der Waals surface area contributed by atoms with Crippen molar-refractivity contribution in [3.63, 3.8) is 0 Å². The average molecular weight is 240 g/mol. The Morgan fingerprint density at radius 3 is 2.83 bits per heavy atom. The van der Waals surface area contributed by atoms with Crippen LogP contribution in [0.4, 0.5) is 0 Å². The van der Waals surface area contributed by atoms with Gasteiger partial charge in [0.25, 0.3) is 5.91 Å². The lowest BCUT2D eigenvalue weighted by molar-refractivity contribution is 0.0951. The molecule has 1 amide bonds. The summed E-state index contributed by atoms with van der Waals surface area (Å²) in [6.45, 7) is 1.80. The zero-order valence-electron chi connectivity index (χ0n) is 9.92. The first-order valence-corrected chi connectivity index (χ1v) is 5.49. The van der Waals surface area contributed by atoms with Crippen LogP contribution >= 0.6 is 0 Å². The molecule has 0 atom stereocenters. The van der Waals surface area contributed by atoms with Crippen LogP contribution in [0.15, 0.2) is 36.4 Å². The fraction of sp³-hybridized carbons (Fsp3) is 0.154. The number of aromatic nitrogens is 2. The van der Waals surface area contributed by atoms with Gasteiger partial charge in [0.15, 0.2) is 0 Å². The number of nitrogens with zero attached hydrogens (tertiary/aromatic N) is 3. The van der Waals surface area contributed by atoms with Crippen molar-refractivity contribution in [1.82, 2.24) is 15.1 Å². The summed E-state index contributed by atoms with van der Waals surface area (Å²) in [6, 6.07) is 13.0. The highest BCUT2D eigenvalue weighted by Gasteiger charge is 2.14. The molecule has 0 spiro atoms. The standard InChI is InChI=1S/C13H12N4O/c1-10-9-12(13(18)15-8-7-14)17(16-10)11-5-3-2-4-6-11/h2-6,9H,8H2,1H3,(H,15,18). The van der Waals surface area contributed by atoms with Crippen molar-refractivity contribution in [2.24, 2.45) is 0 Å². The summed E-state index contributed by atoms with van der Waals surface area (Å²) in [6.07, 6.45) is 0. The van der Waals surface area contributed by atoms with Crippen LogP contribution in [0.5, 0.6) is 0 Å². The zero-order valence-corrected chi connectivity index (χ0v) is 9.92. The summed E-state index contributed by atoms with van der Waals surface area (Å²) in [7, 11) is 0. The van der Waals surface area contributed by atoms with Crippen molar-refractivity contribution in [2.45, 2.75) is 6.92 Å². The third-order valence-corrected chi connectivity index (χ3v) is 2.39. The molecule has 0 saturated heterocycles. The first-order valence-electron chi connectivity index (χ1n) is 5.49. The van der Waals surface area contributed by atoms with Gasteiger partial charge in [-0.2, -0.15) is 10.4 Å². The smallest absolute Gasteiger partial charge is 0.270 e.